The zero-order chi connectivity index (χ0) is 10.8. The van der Waals surface area contributed by atoms with E-state index in [1.165, 1.54) is 7.11 Å². The fourth-order valence-corrected chi connectivity index (χ4v) is 1.92. The van der Waals surface area contributed by atoms with E-state index in [9.17, 15) is 4.79 Å². The van der Waals surface area contributed by atoms with E-state index in [4.69, 9.17) is 9.84 Å². The first-order chi connectivity index (χ1) is 7.24. The molecule has 0 saturated carbocycles. The van der Waals surface area contributed by atoms with Gasteiger partial charge in [-0.2, -0.15) is 0 Å². The summed E-state index contributed by atoms with van der Waals surface area (Å²) in [6.07, 6.45) is 1.86. The first kappa shape index (κ1) is 9.93. The number of carboxylic acids is 1. The lowest BCUT2D eigenvalue weighted by atomic mass is 10.0. The molecule has 1 aliphatic rings. The number of hydrogen-bond acceptors (Lipinski definition) is 2. The van der Waals surface area contributed by atoms with Gasteiger partial charge in [0.25, 0.3) is 0 Å². The Bertz CT molecular complexity index is 421. The molecule has 15 heavy (non-hydrogen) atoms. The third-order valence-corrected chi connectivity index (χ3v) is 2.61. The van der Waals surface area contributed by atoms with Crippen LogP contribution < -0.4 is 0 Å². The molecule has 1 aromatic carbocycles. The lowest BCUT2D eigenvalue weighted by Crippen LogP contribution is -2.23. The fraction of sp³-hybridized carbons (Fsp3) is 0.250. The van der Waals surface area contributed by atoms with Gasteiger partial charge in [0.15, 0.2) is 6.10 Å². The number of methoxy groups -OCH3 is 1. The van der Waals surface area contributed by atoms with Gasteiger partial charge in [-0.3, -0.25) is 0 Å². The van der Waals surface area contributed by atoms with Crippen LogP contribution >= 0.6 is 0 Å². The van der Waals surface area contributed by atoms with Gasteiger partial charge in [-0.15, -0.1) is 0 Å². The fourth-order valence-electron chi connectivity index (χ4n) is 1.92. The van der Waals surface area contributed by atoms with E-state index in [0.717, 1.165) is 23.1 Å². The summed E-state index contributed by atoms with van der Waals surface area (Å²) in [7, 11) is 1.42. The molecule has 1 aromatic rings. The maximum Gasteiger partial charge on any atom is 0.337 e. The molecule has 0 saturated heterocycles. The number of allylic oxidation sites excluding steroid dienone is 1. The van der Waals surface area contributed by atoms with E-state index in [2.05, 4.69) is 0 Å². The van der Waals surface area contributed by atoms with Crippen LogP contribution in [0.3, 0.4) is 0 Å². The van der Waals surface area contributed by atoms with Crippen molar-refractivity contribution in [3.8, 4) is 0 Å². The Hall–Kier alpha value is -1.61. The highest BCUT2D eigenvalue weighted by molar-refractivity contribution is 5.92. The summed E-state index contributed by atoms with van der Waals surface area (Å²) in [6.45, 7) is 0. The zero-order valence-corrected chi connectivity index (χ0v) is 8.43. The average Bonchev–Trinajstić information content (AvgIpc) is 2.63. The van der Waals surface area contributed by atoms with Crippen molar-refractivity contribution in [3.63, 3.8) is 0 Å². The molecule has 1 aliphatic carbocycles. The van der Waals surface area contributed by atoms with Crippen molar-refractivity contribution in [3.05, 3.63) is 41.5 Å². The van der Waals surface area contributed by atoms with Crippen LogP contribution in [0.25, 0.3) is 5.57 Å². The predicted octanol–water partition coefficient (Wildman–Crippen LogP) is 1.73. The number of carboxylic acid groups (broad SMARTS) is 1. The van der Waals surface area contributed by atoms with E-state index in [1.807, 2.05) is 30.3 Å². The highest BCUT2D eigenvalue weighted by Gasteiger charge is 2.26. The van der Waals surface area contributed by atoms with Crippen molar-refractivity contribution in [1.29, 1.82) is 0 Å². The summed E-state index contributed by atoms with van der Waals surface area (Å²) < 4.78 is 4.98. The molecule has 1 atom stereocenters. The third-order valence-electron chi connectivity index (χ3n) is 2.61. The predicted molar refractivity (Wildman–Crippen MR) is 56.6 cm³/mol. The van der Waals surface area contributed by atoms with Crippen LogP contribution in [0.4, 0.5) is 0 Å². The molecule has 3 nitrogen and oxygen atoms in total. The summed E-state index contributed by atoms with van der Waals surface area (Å²) in [5.41, 5.74) is 2.92. The average molecular weight is 204 g/mol. The maximum atomic E-state index is 11.0. The Morgan fingerprint density at radius 3 is 2.87 bits per heavy atom. The van der Waals surface area contributed by atoms with E-state index in [0.29, 0.717) is 0 Å². The number of ether oxygens (including phenoxy) is 1. The van der Waals surface area contributed by atoms with Crippen LogP contribution in [0.2, 0.25) is 0 Å². The topological polar surface area (TPSA) is 46.5 Å². The van der Waals surface area contributed by atoms with Crippen molar-refractivity contribution >= 4 is 11.5 Å². The quantitative estimate of drug-likeness (QED) is 0.815. The van der Waals surface area contributed by atoms with Crippen molar-refractivity contribution in [1.82, 2.24) is 0 Å². The van der Waals surface area contributed by atoms with Gasteiger partial charge in [0.05, 0.1) is 0 Å². The molecule has 0 spiro atoms. The minimum Gasteiger partial charge on any atom is -0.479 e. The second-order valence-electron chi connectivity index (χ2n) is 3.47. The largest absolute Gasteiger partial charge is 0.479 e. The number of benzene rings is 1. The molecule has 0 bridgehead atoms. The minimum atomic E-state index is -0.944. The van der Waals surface area contributed by atoms with Crippen LogP contribution in [0.1, 0.15) is 11.1 Å². The standard InChI is InChI=1S/C12H12O3/c1-15-11(12(13)14)10-7-6-8-4-2-3-5-9(8)10/h2-5,7,11H,6H2,1H3,(H,13,14). The smallest absolute Gasteiger partial charge is 0.337 e. The summed E-state index contributed by atoms with van der Waals surface area (Å²) in [5.74, 6) is -0.944. The Morgan fingerprint density at radius 1 is 1.47 bits per heavy atom. The van der Waals surface area contributed by atoms with Gasteiger partial charge in [-0.05, 0) is 23.1 Å². The summed E-state index contributed by atoms with van der Waals surface area (Å²) in [5, 5.41) is 8.99. The lowest BCUT2D eigenvalue weighted by Gasteiger charge is -2.13. The van der Waals surface area contributed by atoms with Crippen LogP contribution in [0.5, 0.6) is 0 Å². The van der Waals surface area contributed by atoms with E-state index in [1.54, 1.807) is 0 Å². The molecule has 2 rings (SSSR count). The monoisotopic (exact) mass is 204 g/mol. The lowest BCUT2D eigenvalue weighted by molar-refractivity contribution is -0.144. The Morgan fingerprint density at radius 2 is 2.20 bits per heavy atom. The van der Waals surface area contributed by atoms with Crippen LogP contribution in [0.15, 0.2) is 30.3 Å². The SMILES string of the molecule is COC(C(=O)O)C1=CCc2ccccc21. The molecular formula is C12H12O3. The van der Waals surface area contributed by atoms with Gasteiger partial charge in [0.2, 0.25) is 0 Å². The van der Waals surface area contributed by atoms with Gasteiger partial charge in [0.1, 0.15) is 0 Å². The summed E-state index contributed by atoms with van der Waals surface area (Å²) in [6, 6.07) is 7.81. The van der Waals surface area contributed by atoms with Crippen molar-refractivity contribution in [2.24, 2.45) is 0 Å². The van der Waals surface area contributed by atoms with Crippen LogP contribution in [0, 0.1) is 0 Å². The molecule has 0 heterocycles. The Balaban J connectivity index is 2.37. The number of rotatable bonds is 3. The zero-order valence-electron chi connectivity index (χ0n) is 8.43. The molecule has 3 heteroatoms. The third kappa shape index (κ3) is 1.66. The van der Waals surface area contributed by atoms with Gasteiger partial charge < -0.3 is 9.84 Å². The molecular weight excluding hydrogens is 192 g/mol. The number of carbonyl (C=O) groups is 1. The molecule has 0 amide bonds. The maximum absolute atomic E-state index is 11.0. The number of aliphatic carboxylic acids is 1. The Labute approximate surface area is 88.0 Å². The van der Waals surface area contributed by atoms with Crippen molar-refractivity contribution < 1.29 is 14.6 Å². The highest BCUT2D eigenvalue weighted by Crippen LogP contribution is 2.30. The van der Waals surface area contributed by atoms with Gasteiger partial charge >= 0.3 is 5.97 Å². The molecule has 0 aromatic heterocycles. The Kier molecular flexibility index (Phi) is 2.56. The second kappa shape index (κ2) is 3.87. The number of hydrogen-bond donors (Lipinski definition) is 1. The van der Waals surface area contributed by atoms with Gasteiger partial charge in [-0.25, -0.2) is 4.79 Å². The van der Waals surface area contributed by atoms with Crippen molar-refractivity contribution in [2.45, 2.75) is 12.5 Å². The van der Waals surface area contributed by atoms with Crippen molar-refractivity contribution in [2.75, 3.05) is 7.11 Å². The van der Waals surface area contributed by atoms with Crippen LogP contribution in [-0.4, -0.2) is 24.3 Å². The normalized spacial score (nSPS) is 15.7. The van der Waals surface area contributed by atoms with Gasteiger partial charge in [0, 0.05) is 7.11 Å². The van der Waals surface area contributed by atoms with Crippen LogP contribution in [-0.2, 0) is 16.0 Å². The molecule has 78 valence electrons. The highest BCUT2D eigenvalue weighted by atomic mass is 16.5. The molecule has 1 unspecified atom stereocenters. The second-order valence-corrected chi connectivity index (χ2v) is 3.47. The molecule has 1 N–H and O–H groups in total. The molecule has 0 radical (unpaired) electrons. The first-order valence-corrected chi connectivity index (χ1v) is 4.78. The number of fused-ring (bicyclic) bond motifs is 1. The molecule has 0 fully saturated rings. The molecule has 0 aliphatic heterocycles. The van der Waals surface area contributed by atoms with Gasteiger partial charge in [-0.1, -0.05) is 30.3 Å². The summed E-state index contributed by atoms with van der Waals surface area (Å²) >= 11 is 0. The van der Waals surface area contributed by atoms with E-state index < -0.39 is 12.1 Å². The minimum absolute atomic E-state index is 0.764. The first-order valence-electron chi connectivity index (χ1n) is 4.78. The summed E-state index contributed by atoms with van der Waals surface area (Å²) in [4.78, 5) is 11.0. The van der Waals surface area contributed by atoms with E-state index >= 15 is 0 Å². The van der Waals surface area contributed by atoms with E-state index in [-0.39, 0.29) is 0 Å².